The first-order valence-corrected chi connectivity index (χ1v) is 9.40. The number of fused-ring (bicyclic) bond motifs is 1. The molecular formula is C16H25N5O2S. The van der Waals surface area contributed by atoms with E-state index in [9.17, 15) is 9.59 Å². The predicted octanol–water partition coefficient (Wildman–Crippen LogP) is 0.700. The Morgan fingerprint density at radius 2 is 2.21 bits per heavy atom. The van der Waals surface area contributed by atoms with Gasteiger partial charge in [-0.25, -0.2) is 4.98 Å². The first-order chi connectivity index (χ1) is 11.5. The Kier molecular flexibility index (Phi) is 5.05. The van der Waals surface area contributed by atoms with Crippen LogP contribution < -0.4 is 11.5 Å². The van der Waals surface area contributed by atoms with Crippen LogP contribution in [0.25, 0.3) is 0 Å². The van der Waals surface area contributed by atoms with Gasteiger partial charge in [0, 0.05) is 38.6 Å². The number of nitrogens with zero attached hydrogens (tertiary/aromatic N) is 3. The third-order valence-corrected chi connectivity index (χ3v) is 5.96. The van der Waals surface area contributed by atoms with Crippen LogP contribution in [0.15, 0.2) is 0 Å². The third kappa shape index (κ3) is 3.12. The molecule has 0 unspecified atom stereocenters. The molecule has 0 aliphatic carbocycles. The monoisotopic (exact) mass is 351 g/mol. The molecule has 0 bridgehead atoms. The van der Waals surface area contributed by atoms with Gasteiger partial charge in [0.2, 0.25) is 5.91 Å². The summed E-state index contributed by atoms with van der Waals surface area (Å²) < 4.78 is 0. The van der Waals surface area contributed by atoms with Crippen molar-refractivity contribution in [3.63, 3.8) is 0 Å². The number of nitrogen functional groups attached to an aromatic ring is 1. The highest BCUT2D eigenvalue weighted by molar-refractivity contribution is 7.17. The Balaban J connectivity index is 1.73. The number of aromatic nitrogens is 1. The van der Waals surface area contributed by atoms with Gasteiger partial charge in [0.05, 0.1) is 5.69 Å². The zero-order valence-corrected chi connectivity index (χ0v) is 14.8. The third-order valence-electron chi connectivity index (χ3n) is 5.04. The van der Waals surface area contributed by atoms with E-state index in [0.717, 1.165) is 18.5 Å². The molecule has 3 rings (SSSR count). The summed E-state index contributed by atoms with van der Waals surface area (Å²) in [6.07, 6.45) is 2.92. The molecule has 7 nitrogen and oxygen atoms in total. The highest BCUT2D eigenvalue weighted by Gasteiger charge is 2.40. The average molecular weight is 351 g/mol. The molecule has 8 heteroatoms. The first-order valence-electron chi connectivity index (χ1n) is 8.59. The van der Waals surface area contributed by atoms with Gasteiger partial charge in [0.25, 0.3) is 5.91 Å². The number of nitrogens with two attached hydrogens (primary N) is 2. The maximum Gasteiger partial charge on any atom is 0.265 e. The van der Waals surface area contributed by atoms with Gasteiger partial charge in [-0.3, -0.25) is 9.59 Å². The second kappa shape index (κ2) is 7.06. The normalized spacial score (nSPS) is 24.2. The molecule has 24 heavy (non-hydrogen) atoms. The van der Waals surface area contributed by atoms with Crippen LogP contribution >= 0.6 is 11.3 Å². The lowest BCUT2D eigenvalue weighted by atomic mass is 9.83. The minimum atomic E-state index is 0.0294. The molecule has 3 heterocycles. The Morgan fingerprint density at radius 1 is 1.42 bits per heavy atom. The van der Waals surface area contributed by atoms with E-state index in [2.05, 4.69) is 4.98 Å². The molecule has 0 aromatic carbocycles. The lowest BCUT2D eigenvalue weighted by Crippen LogP contribution is -2.57. The summed E-state index contributed by atoms with van der Waals surface area (Å²) in [4.78, 5) is 33.8. The number of hydrogen-bond donors (Lipinski definition) is 2. The fraction of sp³-hybridized carbons (Fsp3) is 0.688. The average Bonchev–Trinajstić information content (AvgIpc) is 2.97. The van der Waals surface area contributed by atoms with E-state index < -0.39 is 0 Å². The van der Waals surface area contributed by atoms with Gasteiger partial charge in [-0.15, -0.1) is 0 Å². The molecule has 2 fully saturated rings. The molecule has 2 amide bonds. The molecular weight excluding hydrogens is 326 g/mol. The summed E-state index contributed by atoms with van der Waals surface area (Å²) in [5.41, 5.74) is 12.2. The number of anilines is 1. The molecule has 2 saturated heterocycles. The summed E-state index contributed by atoms with van der Waals surface area (Å²) in [5, 5.41) is 0.447. The molecule has 1 aromatic rings. The molecule has 0 saturated carbocycles. The maximum atomic E-state index is 12.9. The van der Waals surface area contributed by atoms with Gasteiger partial charge in [-0.05, 0) is 25.2 Å². The number of piperidine rings is 2. The van der Waals surface area contributed by atoms with Crippen LogP contribution in [0.3, 0.4) is 0 Å². The lowest BCUT2D eigenvalue weighted by Gasteiger charge is -2.47. The van der Waals surface area contributed by atoms with E-state index in [1.165, 1.54) is 11.3 Å². The Bertz CT molecular complexity index is 632. The number of rotatable bonds is 4. The molecule has 0 radical (unpaired) electrons. The van der Waals surface area contributed by atoms with Gasteiger partial charge >= 0.3 is 0 Å². The summed E-state index contributed by atoms with van der Waals surface area (Å²) in [7, 11) is 0. The minimum absolute atomic E-state index is 0.0294. The second-order valence-electron chi connectivity index (χ2n) is 6.46. The second-order valence-corrected chi connectivity index (χ2v) is 7.49. The zero-order chi connectivity index (χ0) is 17.3. The smallest absolute Gasteiger partial charge is 0.265 e. The van der Waals surface area contributed by atoms with Crippen molar-refractivity contribution in [1.29, 1.82) is 0 Å². The zero-order valence-electron chi connectivity index (χ0n) is 14.0. The molecule has 2 atom stereocenters. The first kappa shape index (κ1) is 17.2. The van der Waals surface area contributed by atoms with E-state index in [1.807, 2.05) is 16.7 Å². The van der Waals surface area contributed by atoms with E-state index in [0.29, 0.717) is 54.9 Å². The van der Waals surface area contributed by atoms with Crippen LogP contribution in [0.2, 0.25) is 0 Å². The van der Waals surface area contributed by atoms with Crippen LogP contribution in [0.4, 0.5) is 5.13 Å². The minimum Gasteiger partial charge on any atom is -0.375 e. The molecule has 4 N–H and O–H groups in total. The van der Waals surface area contributed by atoms with Crippen LogP contribution in [-0.2, 0) is 11.2 Å². The molecule has 2 aliphatic rings. The molecule has 0 spiro atoms. The Hall–Kier alpha value is -1.67. The number of carbonyl (C=O) groups is 2. The number of aryl methyl sites for hydroxylation is 1. The largest absolute Gasteiger partial charge is 0.375 e. The molecule has 2 aliphatic heterocycles. The van der Waals surface area contributed by atoms with E-state index in [1.54, 1.807) is 0 Å². The number of thiazole rings is 1. The van der Waals surface area contributed by atoms with Gasteiger partial charge in [-0.1, -0.05) is 18.3 Å². The van der Waals surface area contributed by atoms with Crippen molar-refractivity contribution in [1.82, 2.24) is 14.8 Å². The number of hydrogen-bond acceptors (Lipinski definition) is 6. The van der Waals surface area contributed by atoms with E-state index >= 15 is 0 Å². The number of likely N-dealkylation sites (tertiary alicyclic amines) is 2. The van der Waals surface area contributed by atoms with Crippen molar-refractivity contribution < 1.29 is 9.59 Å². The van der Waals surface area contributed by atoms with Crippen molar-refractivity contribution in [3.8, 4) is 0 Å². The predicted molar refractivity (Wildman–Crippen MR) is 93.7 cm³/mol. The number of carbonyl (C=O) groups excluding carboxylic acids is 2. The molecule has 132 valence electrons. The quantitative estimate of drug-likeness (QED) is 0.831. The van der Waals surface area contributed by atoms with Crippen LogP contribution in [0, 0.1) is 5.92 Å². The SMILES string of the molecule is CCc1nc(N)sc1C(=O)N1CC[C@@H]2[C@@H](CCC(=O)N2CCN)C1. The molecule has 1 aromatic heterocycles. The van der Waals surface area contributed by atoms with Crippen LogP contribution in [0.1, 0.15) is 41.6 Å². The van der Waals surface area contributed by atoms with Crippen molar-refractivity contribution in [2.75, 3.05) is 31.9 Å². The van der Waals surface area contributed by atoms with Crippen LogP contribution in [0.5, 0.6) is 0 Å². The standard InChI is InChI=1S/C16H25N5O2S/c1-2-11-14(24-16(18)19-11)15(23)20-7-5-12-10(9-20)3-4-13(22)21(12)8-6-17/h10,12H,2-9,17H2,1H3,(H2,18,19)/t10-,12+/m0/s1. The van der Waals surface area contributed by atoms with Crippen LogP contribution in [-0.4, -0.2) is 58.8 Å². The van der Waals surface area contributed by atoms with Gasteiger partial charge in [-0.2, -0.15) is 0 Å². The van der Waals surface area contributed by atoms with Gasteiger partial charge in [0.15, 0.2) is 5.13 Å². The summed E-state index contributed by atoms with van der Waals surface area (Å²) in [5.74, 6) is 0.564. The maximum absolute atomic E-state index is 12.9. The topological polar surface area (TPSA) is 106 Å². The fourth-order valence-corrected chi connectivity index (χ4v) is 4.77. The summed E-state index contributed by atoms with van der Waals surface area (Å²) in [6.45, 7) is 4.43. The van der Waals surface area contributed by atoms with Crippen molar-refractivity contribution in [2.24, 2.45) is 11.7 Å². The summed E-state index contributed by atoms with van der Waals surface area (Å²) in [6, 6.07) is 0.219. The van der Waals surface area contributed by atoms with Crippen molar-refractivity contribution in [2.45, 2.75) is 38.6 Å². The van der Waals surface area contributed by atoms with Gasteiger partial charge < -0.3 is 21.3 Å². The lowest BCUT2D eigenvalue weighted by molar-refractivity contribution is -0.140. The van der Waals surface area contributed by atoms with Crippen molar-refractivity contribution >= 4 is 28.3 Å². The summed E-state index contributed by atoms with van der Waals surface area (Å²) >= 11 is 1.27. The Labute approximate surface area is 146 Å². The highest BCUT2D eigenvalue weighted by atomic mass is 32.1. The van der Waals surface area contributed by atoms with Crippen molar-refractivity contribution in [3.05, 3.63) is 10.6 Å². The fourth-order valence-electron chi connectivity index (χ4n) is 3.89. The highest BCUT2D eigenvalue weighted by Crippen LogP contribution is 2.32. The van der Waals surface area contributed by atoms with Gasteiger partial charge in [0.1, 0.15) is 4.88 Å². The Morgan fingerprint density at radius 3 is 2.92 bits per heavy atom. The number of amides is 2. The van der Waals surface area contributed by atoms with E-state index in [-0.39, 0.29) is 17.9 Å². The van der Waals surface area contributed by atoms with E-state index in [4.69, 9.17) is 11.5 Å².